The van der Waals surface area contributed by atoms with Gasteiger partial charge in [0.25, 0.3) is 5.78 Å². The van der Waals surface area contributed by atoms with Crippen LogP contribution in [0, 0.1) is 6.92 Å². The average Bonchev–Trinajstić information content (AvgIpc) is 3.11. The summed E-state index contributed by atoms with van der Waals surface area (Å²) in [6.07, 6.45) is 4.57. The van der Waals surface area contributed by atoms with E-state index in [0.29, 0.717) is 0 Å². The molecule has 0 unspecified atom stereocenters. The first-order chi connectivity index (χ1) is 13.7. The molecule has 0 atom stereocenters. The van der Waals surface area contributed by atoms with Crippen molar-refractivity contribution in [3.05, 3.63) is 41.3 Å². The quantitative estimate of drug-likeness (QED) is 0.698. The second kappa shape index (κ2) is 6.96. The summed E-state index contributed by atoms with van der Waals surface area (Å²) in [4.78, 5) is 14.2. The third-order valence-electron chi connectivity index (χ3n) is 5.85. The lowest BCUT2D eigenvalue weighted by Crippen LogP contribution is -2.47. The Balaban J connectivity index is 1.47. The van der Waals surface area contributed by atoms with Crippen molar-refractivity contribution in [2.24, 2.45) is 0 Å². The summed E-state index contributed by atoms with van der Waals surface area (Å²) in [5, 5.41) is 4.67. The van der Waals surface area contributed by atoms with E-state index >= 15 is 0 Å². The third-order valence-corrected chi connectivity index (χ3v) is 5.85. The molecule has 146 valence electrons. The van der Waals surface area contributed by atoms with Crippen molar-refractivity contribution < 1.29 is 4.74 Å². The number of hydrogen-bond donors (Lipinski definition) is 0. The Kier molecular flexibility index (Phi) is 4.30. The molecule has 0 amide bonds. The Morgan fingerprint density at radius 2 is 1.68 bits per heavy atom. The maximum atomic E-state index is 5.56. The van der Waals surface area contributed by atoms with Crippen LogP contribution in [0.2, 0.25) is 0 Å². The van der Waals surface area contributed by atoms with Crippen LogP contribution >= 0.6 is 0 Å². The van der Waals surface area contributed by atoms with Crippen molar-refractivity contribution in [1.29, 1.82) is 0 Å². The van der Waals surface area contributed by atoms with Crippen LogP contribution < -0.4 is 14.5 Å². The Bertz CT molecular complexity index is 1010. The molecular formula is C21H26N6O. The van der Waals surface area contributed by atoms with E-state index < -0.39 is 0 Å². The number of piperazine rings is 1. The lowest BCUT2D eigenvalue weighted by Gasteiger charge is -2.38. The van der Waals surface area contributed by atoms with Crippen LogP contribution in [0.4, 0.5) is 11.5 Å². The van der Waals surface area contributed by atoms with Gasteiger partial charge in [-0.2, -0.15) is 9.50 Å². The molecule has 3 aromatic rings. The van der Waals surface area contributed by atoms with E-state index in [9.17, 15) is 0 Å². The maximum Gasteiger partial charge on any atom is 0.254 e. The highest BCUT2D eigenvalue weighted by molar-refractivity contribution is 5.61. The molecule has 1 fully saturated rings. The zero-order chi connectivity index (χ0) is 19.1. The number of aromatic nitrogens is 4. The van der Waals surface area contributed by atoms with Gasteiger partial charge in [-0.3, -0.25) is 0 Å². The van der Waals surface area contributed by atoms with Gasteiger partial charge in [-0.15, -0.1) is 5.10 Å². The largest absolute Gasteiger partial charge is 0.495 e. The van der Waals surface area contributed by atoms with E-state index in [0.717, 1.165) is 56.4 Å². The molecule has 1 aliphatic heterocycles. The molecule has 0 bridgehead atoms. The molecule has 2 aromatic heterocycles. The van der Waals surface area contributed by atoms with Gasteiger partial charge in [-0.1, -0.05) is 12.1 Å². The predicted octanol–water partition coefficient (Wildman–Crippen LogP) is 2.65. The third kappa shape index (κ3) is 2.85. The first-order valence-electron chi connectivity index (χ1n) is 10.1. The van der Waals surface area contributed by atoms with Gasteiger partial charge in [-0.25, -0.2) is 4.98 Å². The highest BCUT2D eigenvalue weighted by atomic mass is 16.5. The van der Waals surface area contributed by atoms with Crippen molar-refractivity contribution in [3.63, 3.8) is 0 Å². The molecule has 1 saturated heterocycles. The van der Waals surface area contributed by atoms with E-state index in [1.54, 1.807) is 7.11 Å². The van der Waals surface area contributed by atoms with Gasteiger partial charge in [0.05, 0.1) is 18.5 Å². The van der Waals surface area contributed by atoms with Crippen LogP contribution in [-0.4, -0.2) is 52.9 Å². The summed E-state index contributed by atoms with van der Waals surface area (Å²) in [7, 11) is 1.74. The molecular weight excluding hydrogens is 352 g/mol. The zero-order valence-electron chi connectivity index (χ0n) is 16.6. The Morgan fingerprint density at radius 1 is 0.929 bits per heavy atom. The number of benzene rings is 1. The number of nitrogens with zero attached hydrogens (tertiary/aromatic N) is 6. The molecule has 0 spiro atoms. The molecule has 0 radical (unpaired) electrons. The van der Waals surface area contributed by atoms with Crippen molar-refractivity contribution in [2.45, 2.75) is 32.6 Å². The van der Waals surface area contributed by atoms with Crippen LogP contribution in [0.25, 0.3) is 5.78 Å². The first kappa shape index (κ1) is 17.3. The molecule has 5 rings (SSSR count). The normalized spacial score (nSPS) is 17.1. The molecule has 1 aromatic carbocycles. The molecule has 7 nitrogen and oxygen atoms in total. The van der Waals surface area contributed by atoms with E-state index in [2.05, 4.69) is 32.0 Å². The van der Waals surface area contributed by atoms with E-state index in [4.69, 9.17) is 9.72 Å². The van der Waals surface area contributed by atoms with Gasteiger partial charge >= 0.3 is 0 Å². The van der Waals surface area contributed by atoms with Gasteiger partial charge in [0.15, 0.2) is 0 Å². The van der Waals surface area contributed by atoms with Crippen LogP contribution in [0.3, 0.4) is 0 Å². The second-order valence-corrected chi connectivity index (χ2v) is 7.58. The number of methoxy groups -OCH3 is 1. The minimum atomic E-state index is 0.736. The van der Waals surface area contributed by atoms with E-state index in [1.165, 1.54) is 35.6 Å². The summed E-state index contributed by atoms with van der Waals surface area (Å²) in [5.41, 5.74) is 3.76. The molecule has 1 aliphatic carbocycles. The van der Waals surface area contributed by atoms with Crippen molar-refractivity contribution in [1.82, 2.24) is 19.6 Å². The predicted molar refractivity (Wildman–Crippen MR) is 110 cm³/mol. The lowest BCUT2D eigenvalue weighted by atomic mass is 9.96. The van der Waals surface area contributed by atoms with Gasteiger partial charge in [0.1, 0.15) is 17.4 Å². The summed E-state index contributed by atoms with van der Waals surface area (Å²) < 4.78 is 7.53. The summed E-state index contributed by atoms with van der Waals surface area (Å²) in [6.45, 7) is 5.74. The van der Waals surface area contributed by atoms with E-state index in [-0.39, 0.29) is 0 Å². The molecule has 2 aliphatic rings. The number of fused-ring (bicyclic) bond motifs is 2. The fraction of sp³-hybridized carbons (Fsp3) is 0.476. The first-order valence-corrected chi connectivity index (χ1v) is 10.1. The standard InChI is InChI=1S/C21H26N6O/c1-15-22-21-23-17-8-4-3-7-16(17)20(27(21)24-15)26-13-11-25(12-14-26)18-9-5-6-10-19(18)28-2/h5-6,9-10H,3-4,7-8,11-14H2,1-2H3. The molecule has 28 heavy (non-hydrogen) atoms. The van der Waals surface area contributed by atoms with Crippen molar-refractivity contribution in [3.8, 4) is 5.75 Å². The van der Waals surface area contributed by atoms with Crippen molar-refractivity contribution in [2.75, 3.05) is 43.1 Å². The maximum absolute atomic E-state index is 5.56. The Morgan fingerprint density at radius 3 is 2.50 bits per heavy atom. The van der Waals surface area contributed by atoms with Crippen LogP contribution in [0.1, 0.15) is 29.9 Å². The summed E-state index contributed by atoms with van der Waals surface area (Å²) in [5.74, 6) is 3.66. The van der Waals surface area contributed by atoms with Gasteiger partial charge in [-0.05, 0) is 44.7 Å². The Hall–Kier alpha value is -2.83. The number of hydrogen-bond acceptors (Lipinski definition) is 6. The number of para-hydroxylation sites is 2. The minimum Gasteiger partial charge on any atom is -0.495 e. The summed E-state index contributed by atoms with van der Waals surface area (Å²) in [6, 6.07) is 8.27. The molecule has 0 N–H and O–H groups in total. The zero-order valence-corrected chi connectivity index (χ0v) is 16.6. The van der Waals surface area contributed by atoms with Crippen LogP contribution in [0.5, 0.6) is 5.75 Å². The number of rotatable bonds is 3. The van der Waals surface area contributed by atoms with Crippen molar-refractivity contribution >= 4 is 17.3 Å². The second-order valence-electron chi connectivity index (χ2n) is 7.58. The molecule has 7 heteroatoms. The van der Waals surface area contributed by atoms with Gasteiger partial charge < -0.3 is 14.5 Å². The van der Waals surface area contributed by atoms with Crippen LogP contribution in [-0.2, 0) is 12.8 Å². The van der Waals surface area contributed by atoms with E-state index in [1.807, 2.05) is 23.6 Å². The lowest BCUT2D eigenvalue weighted by molar-refractivity contribution is 0.413. The monoisotopic (exact) mass is 378 g/mol. The number of anilines is 2. The van der Waals surface area contributed by atoms with Crippen LogP contribution in [0.15, 0.2) is 24.3 Å². The minimum absolute atomic E-state index is 0.736. The summed E-state index contributed by atoms with van der Waals surface area (Å²) >= 11 is 0. The average molecular weight is 378 g/mol. The fourth-order valence-electron chi connectivity index (χ4n) is 4.50. The fourth-order valence-corrected chi connectivity index (χ4v) is 4.50. The van der Waals surface area contributed by atoms with Gasteiger partial charge in [0.2, 0.25) is 0 Å². The highest BCUT2D eigenvalue weighted by Gasteiger charge is 2.27. The van der Waals surface area contributed by atoms with Gasteiger partial charge in [0, 0.05) is 31.7 Å². The highest BCUT2D eigenvalue weighted by Crippen LogP contribution is 2.33. The number of ether oxygens (including phenoxy) is 1. The Labute approximate surface area is 165 Å². The molecule has 3 heterocycles. The smallest absolute Gasteiger partial charge is 0.254 e. The number of aryl methyl sites for hydroxylation is 2. The SMILES string of the molecule is COc1ccccc1N1CCN(c2c3c(nc4nc(C)nn24)CCCC3)CC1. The topological polar surface area (TPSA) is 58.8 Å². The molecule has 0 saturated carbocycles.